The zero-order valence-corrected chi connectivity index (χ0v) is 13.2. The van der Waals surface area contributed by atoms with Crippen LogP contribution in [0.15, 0.2) is 30.3 Å². The number of carbonyl (C=O) groups excluding carboxylic acids is 2. The Labute approximate surface area is 143 Å². The SMILES string of the molecule is CCOC(=O)C(Cc1ccccc1)NC(=O)C(F)(F)C(F)(F)C(F)(F)F. The molecule has 0 fully saturated rings. The molecule has 0 saturated heterocycles. The Kier molecular flexibility index (Phi) is 6.61. The summed E-state index contributed by atoms with van der Waals surface area (Å²) in [4.78, 5) is 23.2. The van der Waals surface area contributed by atoms with Crippen LogP contribution in [0.2, 0.25) is 0 Å². The molecule has 146 valence electrons. The van der Waals surface area contributed by atoms with Crippen LogP contribution in [0.25, 0.3) is 0 Å². The second-order valence-electron chi connectivity index (χ2n) is 5.11. The molecule has 0 heterocycles. The van der Waals surface area contributed by atoms with Gasteiger partial charge in [0.05, 0.1) is 6.61 Å². The molecule has 4 nitrogen and oxygen atoms in total. The van der Waals surface area contributed by atoms with Crippen molar-refractivity contribution in [3.63, 3.8) is 0 Å². The lowest BCUT2D eigenvalue weighted by atomic mass is 10.0. The smallest absolute Gasteiger partial charge is 0.460 e. The number of carbonyl (C=O) groups is 2. The third-order valence-corrected chi connectivity index (χ3v) is 3.19. The Morgan fingerprint density at radius 2 is 1.58 bits per heavy atom. The van der Waals surface area contributed by atoms with Gasteiger partial charge in [0.1, 0.15) is 6.04 Å². The molecular formula is C15H14F7NO3. The highest BCUT2D eigenvalue weighted by atomic mass is 19.4. The molecule has 1 amide bonds. The van der Waals surface area contributed by atoms with Gasteiger partial charge in [0.15, 0.2) is 0 Å². The molecule has 0 aliphatic heterocycles. The number of alkyl halides is 7. The van der Waals surface area contributed by atoms with Gasteiger partial charge in [-0.1, -0.05) is 30.3 Å². The van der Waals surface area contributed by atoms with Gasteiger partial charge in [-0.05, 0) is 12.5 Å². The summed E-state index contributed by atoms with van der Waals surface area (Å²) in [6.07, 6.45) is -7.11. The average Bonchev–Trinajstić information content (AvgIpc) is 2.54. The number of nitrogens with one attached hydrogen (secondary N) is 1. The molecule has 0 bridgehead atoms. The monoisotopic (exact) mass is 389 g/mol. The lowest BCUT2D eigenvalue weighted by Crippen LogP contribution is -2.61. The topological polar surface area (TPSA) is 55.4 Å². The molecule has 1 aromatic rings. The van der Waals surface area contributed by atoms with Crippen molar-refractivity contribution in [2.45, 2.75) is 37.4 Å². The third-order valence-electron chi connectivity index (χ3n) is 3.19. The van der Waals surface area contributed by atoms with Gasteiger partial charge >= 0.3 is 24.0 Å². The van der Waals surface area contributed by atoms with Crippen LogP contribution in [-0.4, -0.2) is 42.5 Å². The van der Waals surface area contributed by atoms with Crippen LogP contribution >= 0.6 is 0 Å². The highest BCUT2D eigenvalue weighted by Crippen LogP contribution is 2.46. The molecule has 1 rings (SSSR count). The van der Waals surface area contributed by atoms with Crippen LogP contribution in [0.5, 0.6) is 0 Å². The molecule has 1 atom stereocenters. The predicted octanol–water partition coefficient (Wildman–Crippen LogP) is 3.11. The van der Waals surface area contributed by atoms with E-state index < -0.39 is 42.4 Å². The molecule has 0 aliphatic carbocycles. The first-order valence-corrected chi connectivity index (χ1v) is 7.18. The van der Waals surface area contributed by atoms with Crippen molar-refractivity contribution in [2.75, 3.05) is 6.61 Å². The number of hydrogen-bond donors (Lipinski definition) is 1. The van der Waals surface area contributed by atoms with Crippen molar-refractivity contribution in [3.8, 4) is 0 Å². The van der Waals surface area contributed by atoms with E-state index in [4.69, 9.17) is 0 Å². The van der Waals surface area contributed by atoms with Gasteiger partial charge in [0.2, 0.25) is 0 Å². The van der Waals surface area contributed by atoms with Crippen molar-refractivity contribution in [1.82, 2.24) is 5.32 Å². The Hall–Kier alpha value is -2.33. The van der Waals surface area contributed by atoms with E-state index in [-0.39, 0.29) is 6.61 Å². The number of amides is 1. The number of halogens is 7. The van der Waals surface area contributed by atoms with Crippen molar-refractivity contribution in [2.24, 2.45) is 0 Å². The van der Waals surface area contributed by atoms with Crippen molar-refractivity contribution < 1.29 is 45.1 Å². The van der Waals surface area contributed by atoms with Gasteiger partial charge in [-0.2, -0.15) is 30.7 Å². The maximum atomic E-state index is 13.4. The summed E-state index contributed by atoms with van der Waals surface area (Å²) in [6.45, 7) is 1.13. The van der Waals surface area contributed by atoms with Gasteiger partial charge in [-0.15, -0.1) is 0 Å². The quantitative estimate of drug-likeness (QED) is 0.576. The standard InChI is InChI=1S/C15H14F7NO3/c1-2-26-11(24)10(8-9-6-4-3-5-7-9)23-12(25)13(16,17)14(18,19)15(20,21)22/h3-7,10H,2,8H2,1H3,(H,23,25). The zero-order valence-electron chi connectivity index (χ0n) is 13.2. The van der Waals surface area contributed by atoms with Crippen LogP contribution in [-0.2, 0) is 20.7 Å². The molecule has 0 spiro atoms. The minimum atomic E-state index is -6.66. The molecule has 1 N–H and O–H groups in total. The van der Waals surface area contributed by atoms with E-state index >= 15 is 0 Å². The van der Waals surface area contributed by atoms with E-state index in [1.54, 1.807) is 6.07 Å². The first-order valence-electron chi connectivity index (χ1n) is 7.18. The fourth-order valence-corrected chi connectivity index (χ4v) is 1.86. The van der Waals surface area contributed by atoms with Crippen LogP contribution in [0, 0.1) is 0 Å². The van der Waals surface area contributed by atoms with E-state index in [1.807, 2.05) is 0 Å². The Morgan fingerprint density at radius 3 is 2.04 bits per heavy atom. The van der Waals surface area contributed by atoms with Gasteiger partial charge in [-0.3, -0.25) is 4.79 Å². The normalized spacial score (nSPS) is 13.8. The molecular weight excluding hydrogens is 375 g/mol. The minimum Gasteiger partial charge on any atom is -0.464 e. The van der Waals surface area contributed by atoms with E-state index in [0.717, 1.165) is 0 Å². The first kappa shape index (κ1) is 21.7. The lowest BCUT2D eigenvalue weighted by Gasteiger charge is -2.28. The van der Waals surface area contributed by atoms with E-state index in [0.29, 0.717) is 5.56 Å². The molecule has 26 heavy (non-hydrogen) atoms. The second-order valence-corrected chi connectivity index (χ2v) is 5.11. The van der Waals surface area contributed by atoms with Gasteiger partial charge < -0.3 is 10.1 Å². The maximum absolute atomic E-state index is 13.4. The summed E-state index contributed by atoms with van der Waals surface area (Å²) in [6, 6.07) is 5.58. The summed E-state index contributed by atoms with van der Waals surface area (Å²) < 4.78 is 93.7. The predicted molar refractivity (Wildman–Crippen MR) is 74.7 cm³/mol. The summed E-state index contributed by atoms with van der Waals surface area (Å²) in [5.41, 5.74) is 0.330. The van der Waals surface area contributed by atoms with E-state index in [2.05, 4.69) is 4.74 Å². The average molecular weight is 389 g/mol. The Bertz CT molecular complexity index is 632. The molecule has 11 heteroatoms. The highest BCUT2D eigenvalue weighted by Gasteiger charge is 2.76. The molecule has 0 saturated carbocycles. The minimum absolute atomic E-state index is 0.227. The maximum Gasteiger partial charge on any atom is 0.460 e. The van der Waals surface area contributed by atoms with E-state index in [1.165, 1.54) is 36.5 Å². The summed E-state index contributed by atoms with van der Waals surface area (Å²) in [7, 11) is 0. The van der Waals surface area contributed by atoms with Crippen LogP contribution < -0.4 is 5.32 Å². The number of benzene rings is 1. The van der Waals surface area contributed by atoms with Gasteiger partial charge in [0.25, 0.3) is 5.91 Å². The summed E-state index contributed by atoms with van der Waals surface area (Å²) in [5, 5.41) is 1.23. The largest absolute Gasteiger partial charge is 0.464 e. The fourth-order valence-electron chi connectivity index (χ4n) is 1.86. The zero-order chi connectivity index (χ0) is 20.2. The summed E-state index contributed by atoms with van der Waals surface area (Å²) >= 11 is 0. The van der Waals surface area contributed by atoms with Crippen LogP contribution in [0.1, 0.15) is 12.5 Å². The molecule has 1 unspecified atom stereocenters. The number of rotatable bonds is 7. The van der Waals surface area contributed by atoms with E-state index in [9.17, 15) is 40.3 Å². The fraction of sp³-hybridized carbons (Fsp3) is 0.467. The van der Waals surface area contributed by atoms with Crippen molar-refractivity contribution >= 4 is 11.9 Å². The van der Waals surface area contributed by atoms with Gasteiger partial charge in [-0.25, -0.2) is 4.79 Å². The number of hydrogen-bond acceptors (Lipinski definition) is 3. The Morgan fingerprint density at radius 1 is 1.04 bits per heavy atom. The van der Waals surface area contributed by atoms with Crippen LogP contribution in [0.4, 0.5) is 30.7 Å². The molecule has 0 aromatic heterocycles. The van der Waals surface area contributed by atoms with Crippen LogP contribution in [0.3, 0.4) is 0 Å². The first-order chi connectivity index (χ1) is 11.8. The van der Waals surface area contributed by atoms with Crippen molar-refractivity contribution in [1.29, 1.82) is 0 Å². The second kappa shape index (κ2) is 7.92. The molecule has 0 radical (unpaired) electrons. The lowest BCUT2D eigenvalue weighted by molar-refractivity contribution is -0.344. The molecule has 0 aliphatic rings. The number of esters is 1. The highest BCUT2D eigenvalue weighted by molar-refractivity contribution is 5.89. The third kappa shape index (κ3) is 4.64. The Balaban J connectivity index is 3.06. The number of ether oxygens (including phenoxy) is 1. The van der Waals surface area contributed by atoms with Gasteiger partial charge in [0, 0.05) is 6.42 Å². The summed E-state index contributed by atoms with van der Waals surface area (Å²) in [5.74, 6) is -16.9. The molecule has 1 aromatic carbocycles. The van der Waals surface area contributed by atoms with Crippen molar-refractivity contribution in [3.05, 3.63) is 35.9 Å².